The zero-order chi connectivity index (χ0) is 11.5. The average Bonchev–Trinajstić information content (AvgIpc) is 2.20. The summed E-state index contributed by atoms with van der Waals surface area (Å²) >= 11 is 2.41. The molecule has 2 nitrogen and oxygen atoms in total. The van der Waals surface area contributed by atoms with Gasteiger partial charge in [0.2, 0.25) is 5.91 Å². The number of amides is 1. The number of carbonyl (C=O) groups excluding carboxylic acids is 1. The minimum Gasteiger partial charge on any atom is -0.356 e. The van der Waals surface area contributed by atoms with Crippen LogP contribution in [0.3, 0.4) is 0 Å². The highest BCUT2D eigenvalue weighted by atomic mass is 127. The van der Waals surface area contributed by atoms with Crippen LogP contribution in [0.15, 0.2) is 0 Å². The standard InChI is InChI=1S/C12H24INO/c1-11(2)7-8-12(15)14-10-6-4-3-5-9-13/h11H,3-10H2,1-2H3,(H,14,15). The van der Waals surface area contributed by atoms with Crippen molar-refractivity contribution in [3.8, 4) is 0 Å². The van der Waals surface area contributed by atoms with Gasteiger partial charge in [0, 0.05) is 13.0 Å². The van der Waals surface area contributed by atoms with Crippen molar-refractivity contribution >= 4 is 28.5 Å². The quantitative estimate of drug-likeness (QED) is 0.392. The topological polar surface area (TPSA) is 29.1 Å². The summed E-state index contributed by atoms with van der Waals surface area (Å²) in [6, 6.07) is 0. The normalized spacial score (nSPS) is 10.7. The molecule has 0 unspecified atom stereocenters. The summed E-state index contributed by atoms with van der Waals surface area (Å²) in [6.07, 6.45) is 6.66. The van der Waals surface area contributed by atoms with E-state index in [1.807, 2.05) is 0 Å². The molecule has 1 N–H and O–H groups in total. The minimum atomic E-state index is 0.220. The maximum Gasteiger partial charge on any atom is 0.220 e. The third kappa shape index (κ3) is 12.1. The Morgan fingerprint density at radius 2 is 1.87 bits per heavy atom. The number of unbranched alkanes of at least 4 members (excludes halogenated alkanes) is 3. The molecule has 0 radical (unpaired) electrons. The Hall–Kier alpha value is 0.200. The molecule has 1 amide bonds. The van der Waals surface area contributed by atoms with Crippen LogP contribution >= 0.6 is 22.6 Å². The van der Waals surface area contributed by atoms with Gasteiger partial charge in [0.05, 0.1) is 0 Å². The number of hydrogen-bond donors (Lipinski definition) is 1. The molecule has 0 aliphatic rings. The molecule has 0 aromatic rings. The predicted molar refractivity (Wildman–Crippen MR) is 74.4 cm³/mol. The van der Waals surface area contributed by atoms with Gasteiger partial charge in [0.1, 0.15) is 0 Å². The van der Waals surface area contributed by atoms with Gasteiger partial charge in [-0.25, -0.2) is 0 Å². The predicted octanol–water partition coefficient (Wildman–Crippen LogP) is 3.53. The Morgan fingerprint density at radius 3 is 2.47 bits per heavy atom. The molecular weight excluding hydrogens is 301 g/mol. The van der Waals surface area contributed by atoms with E-state index in [0.29, 0.717) is 12.3 Å². The third-order valence-electron chi connectivity index (χ3n) is 2.33. The van der Waals surface area contributed by atoms with Gasteiger partial charge in [-0.05, 0) is 29.6 Å². The fourth-order valence-corrected chi connectivity index (χ4v) is 1.85. The summed E-state index contributed by atoms with van der Waals surface area (Å²) < 4.78 is 1.25. The van der Waals surface area contributed by atoms with Gasteiger partial charge in [-0.15, -0.1) is 0 Å². The Kier molecular flexibility index (Phi) is 10.9. The molecule has 0 bridgehead atoms. The molecule has 0 saturated carbocycles. The Labute approximate surface area is 108 Å². The maximum absolute atomic E-state index is 11.3. The fraction of sp³-hybridized carbons (Fsp3) is 0.917. The van der Waals surface area contributed by atoms with Crippen molar-refractivity contribution in [2.24, 2.45) is 5.92 Å². The van der Waals surface area contributed by atoms with Crippen LogP contribution in [0, 0.1) is 5.92 Å². The van der Waals surface area contributed by atoms with Crippen LogP contribution in [0.1, 0.15) is 52.4 Å². The van der Waals surface area contributed by atoms with E-state index in [2.05, 4.69) is 41.8 Å². The van der Waals surface area contributed by atoms with Crippen molar-refractivity contribution in [3.05, 3.63) is 0 Å². The van der Waals surface area contributed by atoms with Crippen LogP contribution in [0.4, 0.5) is 0 Å². The molecule has 0 aromatic carbocycles. The Bertz CT molecular complexity index is 160. The molecule has 3 heteroatoms. The average molecular weight is 325 g/mol. The molecule has 0 rings (SSSR count). The SMILES string of the molecule is CC(C)CCC(=O)NCCCCCCI. The van der Waals surface area contributed by atoms with E-state index in [1.165, 1.54) is 23.7 Å². The van der Waals surface area contributed by atoms with Crippen LogP contribution in [-0.4, -0.2) is 16.9 Å². The second-order valence-electron chi connectivity index (χ2n) is 4.39. The van der Waals surface area contributed by atoms with E-state index < -0.39 is 0 Å². The van der Waals surface area contributed by atoms with Crippen molar-refractivity contribution in [2.75, 3.05) is 11.0 Å². The number of alkyl halides is 1. The first-order chi connectivity index (χ1) is 7.16. The van der Waals surface area contributed by atoms with E-state index >= 15 is 0 Å². The van der Waals surface area contributed by atoms with E-state index in [1.54, 1.807) is 0 Å². The zero-order valence-corrected chi connectivity index (χ0v) is 12.2. The first-order valence-electron chi connectivity index (χ1n) is 5.99. The van der Waals surface area contributed by atoms with Gasteiger partial charge in [-0.2, -0.15) is 0 Å². The highest BCUT2D eigenvalue weighted by Crippen LogP contribution is 2.03. The van der Waals surface area contributed by atoms with Crippen LogP contribution < -0.4 is 5.32 Å². The lowest BCUT2D eigenvalue weighted by molar-refractivity contribution is -0.121. The van der Waals surface area contributed by atoms with Gasteiger partial charge in [-0.3, -0.25) is 4.79 Å². The van der Waals surface area contributed by atoms with E-state index in [4.69, 9.17) is 0 Å². The highest BCUT2D eigenvalue weighted by molar-refractivity contribution is 14.1. The largest absolute Gasteiger partial charge is 0.356 e. The molecule has 0 heterocycles. The zero-order valence-electron chi connectivity index (χ0n) is 10.0. The van der Waals surface area contributed by atoms with Gasteiger partial charge in [0.15, 0.2) is 0 Å². The lowest BCUT2D eigenvalue weighted by Gasteiger charge is -2.06. The second kappa shape index (κ2) is 10.7. The van der Waals surface area contributed by atoms with Crippen LogP contribution in [0.25, 0.3) is 0 Å². The summed E-state index contributed by atoms with van der Waals surface area (Å²) in [5.74, 6) is 0.844. The first kappa shape index (κ1) is 15.2. The smallest absolute Gasteiger partial charge is 0.220 e. The summed E-state index contributed by atoms with van der Waals surface area (Å²) in [6.45, 7) is 5.16. The van der Waals surface area contributed by atoms with Crippen LogP contribution in [0.2, 0.25) is 0 Å². The molecular formula is C12H24INO. The Morgan fingerprint density at radius 1 is 1.20 bits per heavy atom. The molecule has 0 fully saturated rings. The maximum atomic E-state index is 11.3. The first-order valence-corrected chi connectivity index (χ1v) is 7.52. The van der Waals surface area contributed by atoms with E-state index in [-0.39, 0.29) is 5.91 Å². The molecule has 0 atom stereocenters. The molecule has 0 aliphatic heterocycles. The number of nitrogens with one attached hydrogen (secondary N) is 1. The van der Waals surface area contributed by atoms with E-state index in [9.17, 15) is 4.79 Å². The minimum absolute atomic E-state index is 0.220. The second-order valence-corrected chi connectivity index (χ2v) is 5.46. The number of rotatable bonds is 9. The van der Waals surface area contributed by atoms with Crippen LogP contribution in [0.5, 0.6) is 0 Å². The number of carbonyl (C=O) groups is 1. The molecule has 0 aromatic heterocycles. The fourth-order valence-electron chi connectivity index (χ4n) is 1.31. The summed E-state index contributed by atoms with van der Waals surface area (Å²) in [5, 5.41) is 2.97. The van der Waals surface area contributed by atoms with Crippen molar-refractivity contribution in [1.29, 1.82) is 0 Å². The van der Waals surface area contributed by atoms with Gasteiger partial charge >= 0.3 is 0 Å². The molecule has 90 valence electrons. The van der Waals surface area contributed by atoms with Gasteiger partial charge in [0.25, 0.3) is 0 Å². The van der Waals surface area contributed by atoms with Gasteiger partial charge < -0.3 is 5.32 Å². The van der Waals surface area contributed by atoms with E-state index in [0.717, 1.165) is 19.4 Å². The number of hydrogen-bond acceptors (Lipinski definition) is 1. The lowest BCUT2D eigenvalue weighted by atomic mass is 10.1. The molecule has 15 heavy (non-hydrogen) atoms. The highest BCUT2D eigenvalue weighted by Gasteiger charge is 2.01. The van der Waals surface area contributed by atoms with Crippen molar-refractivity contribution in [3.63, 3.8) is 0 Å². The van der Waals surface area contributed by atoms with Gasteiger partial charge in [-0.1, -0.05) is 49.3 Å². The van der Waals surface area contributed by atoms with Crippen molar-refractivity contribution in [2.45, 2.75) is 52.4 Å². The monoisotopic (exact) mass is 325 g/mol. The summed E-state index contributed by atoms with van der Waals surface area (Å²) in [7, 11) is 0. The summed E-state index contributed by atoms with van der Waals surface area (Å²) in [4.78, 5) is 11.3. The van der Waals surface area contributed by atoms with Crippen LogP contribution in [-0.2, 0) is 4.79 Å². The van der Waals surface area contributed by atoms with Crippen molar-refractivity contribution in [1.82, 2.24) is 5.32 Å². The third-order valence-corrected chi connectivity index (χ3v) is 3.09. The molecule has 0 spiro atoms. The Balaban J connectivity index is 3.17. The summed E-state index contributed by atoms with van der Waals surface area (Å²) in [5.41, 5.74) is 0. The van der Waals surface area contributed by atoms with Crippen molar-refractivity contribution < 1.29 is 4.79 Å². The molecule has 0 saturated heterocycles. The molecule has 0 aliphatic carbocycles. The lowest BCUT2D eigenvalue weighted by Crippen LogP contribution is -2.24. The number of halogens is 1.